The number of benzene rings is 1. The van der Waals surface area contributed by atoms with E-state index < -0.39 is 0 Å². The highest BCUT2D eigenvalue weighted by Gasteiger charge is 2.57. The number of hydrogen-bond acceptors (Lipinski definition) is 2. The quantitative estimate of drug-likeness (QED) is 0.448. The van der Waals surface area contributed by atoms with E-state index in [-0.39, 0.29) is 5.41 Å². The van der Waals surface area contributed by atoms with Gasteiger partial charge in [0.25, 0.3) is 0 Å². The Bertz CT molecular complexity index is 1270. The van der Waals surface area contributed by atoms with Crippen LogP contribution in [0, 0.1) is 23.2 Å². The summed E-state index contributed by atoms with van der Waals surface area (Å²) in [4.78, 5) is 5.18. The minimum absolute atomic E-state index is 0.230. The van der Waals surface area contributed by atoms with Crippen LogP contribution in [0.15, 0.2) is 78.1 Å². The molecule has 1 aromatic heterocycles. The first-order chi connectivity index (χ1) is 16.9. The molecule has 182 valence electrons. The van der Waals surface area contributed by atoms with E-state index in [9.17, 15) is 0 Å². The van der Waals surface area contributed by atoms with Gasteiger partial charge >= 0.3 is 0 Å². The van der Waals surface area contributed by atoms with Crippen LogP contribution in [0.1, 0.15) is 77.3 Å². The molecule has 1 aliphatic heterocycles. The minimum Gasteiger partial charge on any atom is -0.346 e. The van der Waals surface area contributed by atoms with Crippen molar-refractivity contribution < 1.29 is 0 Å². The Kier molecular flexibility index (Phi) is 6.34. The van der Waals surface area contributed by atoms with Crippen molar-refractivity contribution in [1.29, 1.82) is 0 Å². The number of anilines is 1. The Morgan fingerprint density at radius 3 is 2.74 bits per heavy atom. The van der Waals surface area contributed by atoms with Gasteiger partial charge in [-0.25, -0.2) is 4.98 Å². The van der Waals surface area contributed by atoms with Crippen LogP contribution in [-0.2, 0) is 0 Å². The predicted molar refractivity (Wildman–Crippen MR) is 151 cm³/mol. The van der Waals surface area contributed by atoms with Gasteiger partial charge in [0.15, 0.2) is 0 Å². The largest absolute Gasteiger partial charge is 0.346 e. The Labute approximate surface area is 211 Å². The summed E-state index contributed by atoms with van der Waals surface area (Å²) in [5.41, 5.74) is 7.84. The molecule has 2 heteroatoms. The first kappa shape index (κ1) is 23.9. The lowest BCUT2D eigenvalue weighted by atomic mass is 9.73. The van der Waals surface area contributed by atoms with Crippen molar-refractivity contribution in [2.45, 2.75) is 66.2 Å². The van der Waals surface area contributed by atoms with Crippen molar-refractivity contribution >= 4 is 22.8 Å². The Balaban J connectivity index is 1.71. The first-order valence-corrected chi connectivity index (χ1v) is 13.4. The molecule has 0 amide bonds. The molecular weight excluding hydrogens is 424 g/mol. The third-order valence-electron chi connectivity index (χ3n) is 8.84. The fourth-order valence-electron chi connectivity index (χ4n) is 6.99. The molecular formula is C33H40N2. The number of allylic oxidation sites excluding steroid dienone is 7. The summed E-state index contributed by atoms with van der Waals surface area (Å²) in [6.07, 6.45) is 18.7. The van der Waals surface area contributed by atoms with Gasteiger partial charge in [0.1, 0.15) is 5.82 Å². The molecule has 1 aromatic carbocycles. The van der Waals surface area contributed by atoms with Crippen LogP contribution >= 0.6 is 0 Å². The second kappa shape index (κ2) is 9.30. The lowest BCUT2D eigenvalue weighted by Gasteiger charge is -2.32. The van der Waals surface area contributed by atoms with Gasteiger partial charge in [-0.3, -0.25) is 0 Å². The van der Waals surface area contributed by atoms with Crippen LogP contribution in [0.25, 0.3) is 17.0 Å². The van der Waals surface area contributed by atoms with Gasteiger partial charge in [0.2, 0.25) is 0 Å². The molecule has 0 radical (unpaired) electrons. The van der Waals surface area contributed by atoms with Gasteiger partial charge < -0.3 is 5.32 Å². The van der Waals surface area contributed by atoms with Crippen LogP contribution in [0.3, 0.4) is 0 Å². The molecule has 2 nitrogen and oxygen atoms in total. The van der Waals surface area contributed by atoms with Gasteiger partial charge in [-0.05, 0) is 92.9 Å². The van der Waals surface area contributed by atoms with Gasteiger partial charge in [-0.1, -0.05) is 74.1 Å². The highest BCUT2D eigenvalue weighted by molar-refractivity contribution is 5.93. The number of nitrogens with one attached hydrogen (secondary N) is 1. The molecule has 3 aliphatic rings. The number of fused-ring (bicyclic) bond motifs is 4. The van der Waals surface area contributed by atoms with Crippen LogP contribution in [0.5, 0.6) is 0 Å². The summed E-state index contributed by atoms with van der Waals surface area (Å²) in [6.45, 7) is 15.7. The number of nitrogens with zero attached hydrogens (tertiary/aromatic N) is 1. The van der Waals surface area contributed by atoms with Crippen molar-refractivity contribution in [3.05, 3.63) is 89.2 Å². The standard InChI is InChI=1S/C33H40N2/c1-7-16-33-20-25(33)19-22(4)18-23(5)24(6)26(21(2)3)15-17-34-32-31-28(12-10-13-29(31)33)27-11-8-9-14-30(27)35-32/h7-12,14-17,22-23,25,29H,2,13,18-20H2,1,3-6H3,(H,34,35)/b16-7?,17-15+,26-24+. The zero-order chi connectivity index (χ0) is 24.7. The van der Waals surface area contributed by atoms with Gasteiger partial charge in [-0.15, -0.1) is 0 Å². The topological polar surface area (TPSA) is 24.9 Å². The summed E-state index contributed by atoms with van der Waals surface area (Å²) in [6, 6.07) is 8.59. The molecule has 1 saturated carbocycles. The number of para-hydroxylation sites is 1. The zero-order valence-electron chi connectivity index (χ0n) is 22.1. The molecule has 35 heavy (non-hydrogen) atoms. The van der Waals surface area contributed by atoms with E-state index in [0.29, 0.717) is 17.8 Å². The van der Waals surface area contributed by atoms with E-state index in [4.69, 9.17) is 4.98 Å². The second-order valence-electron chi connectivity index (χ2n) is 11.3. The van der Waals surface area contributed by atoms with Crippen molar-refractivity contribution in [3.8, 4) is 0 Å². The van der Waals surface area contributed by atoms with Gasteiger partial charge in [0.05, 0.1) is 5.52 Å². The van der Waals surface area contributed by atoms with Crippen LogP contribution < -0.4 is 5.32 Å². The van der Waals surface area contributed by atoms with E-state index >= 15 is 0 Å². The molecule has 2 aliphatic carbocycles. The minimum atomic E-state index is 0.230. The van der Waals surface area contributed by atoms with Crippen molar-refractivity contribution in [1.82, 2.24) is 4.98 Å². The fraction of sp³-hybridized carbons (Fsp3) is 0.424. The molecule has 2 heterocycles. The van der Waals surface area contributed by atoms with E-state index in [1.165, 1.54) is 46.9 Å². The van der Waals surface area contributed by atoms with E-state index in [0.717, 1.165) is 29.2 Å². The number of rotatable bonds is 2. The summed E-state index contributed by atoms with van der Waals surface area (Å²) in [7, 11) is 0. The third kappa shape index (κ3) is 4.22. The maximum atomic E-state index is 5.18. The second-order valence-corrected chi connectivity index (χ2v) is 11.3. The molecule has 1 fully saturated rings. The monoisotopic (exact) mass is 464 g/mol. The van der Waals surface area contributed by atoms with E-state index in [1.807, 2.05) is 0 Å². The molecule has 1 N–H and O–H groups in total. The van der Waals surface area contributed by atoms with Gasteiger partial charge in [-0.2, -0.15) is 0 Å². The summed E-state index contributed by atoms with van der Waals surface area (Å²) in [5, 5.41) is 4.91. The highest BCUT2D eigenvalue weighted by Crippen LogP contribution is 2.67. The molecule has 5 atom stereocenters. The summed E-state index contributed by atoms with van der Waals surface area (Å²) in [5.74, 6) is 3.42. The van der Waals surface area contributed by atoms with Crippen LogP contribution in [0.2, 0.25) is 0 Å². The number of pyridine rings is 1. The maximum Gasteiger partial charge on any atom is 0.134 e. The lowest BCUT2D eigenvalue weighted by Crippen LogP contribution is -2.20. The highest BCUT2D eigenvalue weighted by atomic mass is 15.0. The SMILES string of the molecule is C=C(C)C1=C(\C)C(C)CC(C)CC2CC2(C=CC)C2CC=Cc3c2c(nc2ccccc32)N\C=C\1. The zero-order valence-corrected chi connectivity index (χ0v) is 22.1. The van der Waals surface area contributed by atoms with Crippen molar-refractivity contribution in [2.24, 2.45) is 23.2 Å². The summed E-state index contributed by atoms with van der Waals surface area (Å²) >= 11 is 0. The maximum absolute atomic E-state index is 5.18. The molecule has 2 aromatic rings. The number of aromatic nitrogens is 1. The lowest BCUT2D eigenvalue weighted by molar-refractivity contribution is 0.359. The van der Waals surface area contributed by atoms with E-state index in [1.54, 1.807) is 0 Å². The summed E-state index contributed by atoms with van der Waals surface area (Å²) < 4.78 is 0. The normalized spacial score (nSPS) is 33.5. The van der Waals surface area contributed by atoms with Crippen molar-refractivity contribution in [2.75, 3.05) is 5.32 Å². The Morgan fingerprint density at radius 2 is 1.97 bits per heavy atom. The predicted octanol–water partition coefficient (Wildman–Crippen LogP) is 9.20. The fourth-order valence-corrected chi connectivity index (χ4v) is 6.99. The molecule has 0 bridgehead atoms. The number of hydrogen-bond donors (Lipinski definition) is 1. The van der Waals surface area contributed by atoms with Crippen LogP contribution in [0.4, 0.5) is 5.82 Å². The Hall–Kier alpha value is -2.87. The molecule has 0 spiro atoms. The molecule has 0 saturated heterocycles. The average molecular weight is 465 g/mol. The first-order valence-electron chi connectivity index (χ1n) is 13.4. The molecule has 5 unspecified atom stereocenters. The van der Waals surface area contributed by atoms with Crippen LogP contribution in [-0.4, -0.2) is 4.98 Å². The smallest absolute Gasteiger partial charge is 0.134 e. The van der Waals surface area contributed by atoms with Gasteiger partial charge in [0, 0.05) is 23.1 Å². The Morgan fingerprint density at radius 1 is 1.17 bits per heavy atom. The van der Waals surface area contributed by atoms with Crippen molar-refractivity contribution in [3.63, 3.8) is 0 Å². The third-order valence-corrected chi connectivity index (χ3v) is 8.84. The average Bonchev–Trinajstić information content (AvgIpc) is 3.52. The van der Waals surface area contributed by atoms with E-state index in [2.05, 4.69) is 107 Å². The molecule has 5 rings (SSSR count).